The minimum atomic E-state index is -3.88. The average Bonchev–Trinajstić information content (AvgIpc) is 2.70. The molecule has 7 nitrogen and oxygen atoms in total. The Bertz CT molecular complexity index is 992. The number of amides is 1. The van der Waals surface area contributed by atoms with E-state index < -0.39 is 28.1 Å². The van der Waals surface area contributed by atoms with E-state index in [2.05, 4.69) is 17.0 Å². The summed E-state index contributed by atoms with van der Waals surface area (Å²) in [4.78, 5) is 24.1. The van der Waals surface area contributed by atoms with E-state index in [1.54, 1.807) is 32.9 Å². The SMILES string of the molecule is CCCCc1ccc(C(=O)Nc2ccc(S(=O)(=O)NCC(=O)OC(C)(C)C)cc2)cc1. The van der Waals surface area contributed by atoms with Crippen LogP contribution in [0.1, 0.15) is 56.5 Å². The van der Waals surface area contributed by atoms with Crippen LogP contribution >= 0.6 is 0 Å². The highest BCUT2D eigenvalue weighted by Gasteiger charge is 2.20. The molecule has 0 aliphatic rings. The van der Waals surface area contributed by atoms with Gasteiger partial charge in [-0.3, -0.25) is 9.59 Å². The van der Waals surface area contributed by atoms with Crippen LogP contribution < -0.4 is 10.0 Å². The molecule has 2 rings (SSSR count). The first-order valence-electron chi connectivity index (χ1n) is 10.2. The van der Waals surface area contributed by atoms with Crippen LogP contribution in [0.3, 0.4) is 0 Å². The smallest absolute Gasteiger partial charge is 0.321 e. The normalized spacial score (nSPS) is 11.7. The third-order valence-electron chi connectivity index (χ3n) is 4.28. The molecule has 0 saturated heterocycles. The monoisotopic (exact) mass is 446 g/mol. The van der Waals surface area contributed by atoms with Gasteiger partial charge in [-0.15, -0.1) is 0 Å². The second-order valence-electron chi connectivity index (χ2n) is 8.19. The van der Waals surface area contributed by atoms with E-state index in [1.807, 2.05) is 12.1 Å². The van der Waals surface area contributed by atoms with Crippen molar-refractivity contribution >= 4 is 27.6 Å². The Morgan fingerprint density at radius 3 is 2.13 bits per heavy atom. The van der Waals surface area contributed by atoms with Crippen molar-refractivity contribution in [3.8, 4) is 0 Å². The topological polar surface area (TPSA) is 102 Å². The molecule has 168 valence electrons. The summed E-state index contributed by atoms with van der Waals surface area (Å²) in [5, 5.41) is 2.75. The van der Waals surface area contributed by atoms with Gasteiger partial charge in [0, 0.05) is 11.3 Å². The quantitative estimate of drug-likeness (QED) is 0.569. The zero-order valence-electron chi connectivity index (χ0n) is 18.4. The van der Waals surface area contributed by atoms with Gasteiger partial charge in [0.25, 0.3) is 5.91 Å². The molecule has 0 bridgehead atoms. The molecule has 0 radical (unpaired) electrons. The van der Waals surface area contributed by atoms with Crippen LogP contribution in [-0.4, -0.2) is 32.4 Å². The van der Waals surface area contributed by atoms with Gasteiger partial charge >= 0.3 is 5.97 Å². The van der Waals surface area contributed by atoms with Gasteiger partial charge < -0.3 is 10.1 Å². The van der Waals surface area contributed by atoms with Crippen molar-refractivity contribution in [1.29, 1.82) is 0 Å². The van der Waals surface area contributed by atoms with Crippen molar-refractivity contribution in [3.05, 3.63) is 59.7 Å². The van der Waals surface area contributed by atoms with Gasteiger partial charge in [-0.2, -0.15) is 4.72 Å². The maximum atomic E-state index is 12.4. The number of hydrogen-bond donors (Lipinski definition) is 2. The number of nitrogens with one attached hydrogen (secondary N) is 2. The summed E-state index contributed by atoms with van der Waals surface area (Å²) in [6.07, 6.45) is 3.20. The molecule has 0 spiro atoms. The van der Waals surface area contributed by atoms with Crippen molar-refractivity contribution in [2.45, 2.75) is 57.5 Å². The van der Waals surface area contributed by atoms with Gasteiger partial charge in [-0.05, 0) is 75.6 Å². The van der Waals surface area contributed by atoms with Crippen LogP contribution in [0.2, 0.25) is 0 Å². The zero-order chi connectivity index (χ0) is 23.1. The number of ether oxygens (including phenoxy) is 1. The number of aryl methyl sites for hydroxylation is 1. The highest BCUT2D eigenvalue weighted by molar-refractivity contribution is 7.89. The number of rotatable bonds is 9. The van der Waals surface area contributed by atoms with Crippen LogP contribution in [0.4, 0.5) is 5.69 Å². The summed E-state index contributed by atoms with van der Waals surface area (Å²) in [6.45, 7) is 6.77. The first kappa shape index (κ1) is 24.6. The first-order chi connectivity index (χ1) is 14.5. The number of carbonyl (C=O) groups is 2. The molecular formula is C23H30N2O5S. The molecule has 0 saturated carbocycles. The summed E-state index contributed by atoms with van der Waals surface area (Å²) in [7, 11) is -3.88. The van der Waals surface area contributed by atoms with E-state index in [9.17, 15) is 18.0 Å². The Kier molecular flexibility index (Phi) is 8.36. The van der Waals surface area contributed by atoms with Crippen molar-refractivity contribution in [2.75, 3.05) is 11.9 Å². The number of hydrogen-bond acceptors (Lipinski definition) is 5. The highest BCUT2D eigenvalue weighted by Crippen LogP contribution is 2.16. The summed E-state index contributed by atoms with van der Waals surface area (Å²) in [5.74, 6) is -0.943. The van der Waals surface area contributed by atoms with Gasteiger partial charge in [0.05, 0.1) is 4.90 Å². The van der Waals surface area contributed by atoms with Crippen molar-refractivity contribution in [2.24, 2.45) is 0 Å². The molecule has 8 heteroatoms. The molecule has 2 N–H and O–H groups in total. The molecule has 0 unspecified atom stereocenters. The maximum Gasteiger partial charge on any atom is 0.321 e. The number of sulfonamides is 1. The molecule has 2 aromatic rings. The van der Waals surface area contributed by atoms with E-state index in [4.69, 9.17) is 4.74 Å². The minimum absolute atomic E-state index is 0.0191. The number of esters is 1. The molecule has 0 heterocycles. The first-order valence-corrected chi connectivity index (χ1v) is 11.7. The molecule has 0 fully saturated rings. The van der Waals surface area contributed by atoms with Crippen molar-refractivity contribution in [3.63, 3.8) is 0 Å². The molecule has 0 aliphatic heterocycles. The predicted octanol–water partition coefficient (Wildman–Crippen LogP) is 3.90. The molecule has 31 heavy (non-hydrogen) atoms. The molecular weight excluding hydrogens is 416 g/mol. The molecule has 2 aromatic carbocycles. The Morgan fingerprint density at radius 1 is 0.968 bits per heavy atom. The Morgan fingerprint density at radius 2 is 1.58 bits per heavy atom. The number of carbonyl (C=O) groups excluding carboxylic acids is 2. The summed E-state index contributed by atoms with van der Waals surface area (Å²) >= 11 is 0. The fourth-order valence-electron chi connectivity index (χ4n) is 2.74. The van der Waals surface area contributed by atoms with Gasteiger partial charge in [-0.25, -0.2) is 8.42 Å². The fourth-order valence-corrected chi connectivity index (χ4v) is 3.71. The van der Waals surface area contributed by atoms with Crippen molar-refractivity contribution < 1.29 is 22.7 Å². The number of anilines is 1. The second-order valence-corrected chi connectivity index (χ2v) is 9.96. The van der Waals surface area contributed by atoms with E-state index in [0.717, 1.165) is 19.3 Å². The number of benzene rings is 2. The maximum absolute atomic E-state index is 12.4. The van der Waals surface area contributed by atoms with Crippen LogP contribution in [0.15, 0.2) is 53.4 Å². The highest BCUT2D eigenvalue weighted by atomic mass is 32.2. The largest absolute Gasteiger partial charge is 0.459 e. The minimum Gasteiger partial charge on any atom is -0.459 e. The molecule has 0 aliphatic carbocycles. The third-order valence-corrected chi connectivity index (χ3v) is 5.70. The lowest BCUT2D eigenvalue weighted by Gasteiger charge is -2.19. The zero-order valence-corrected chi connectivity index (χ0v) is 19.2. The summed E-state index contributed by atoms with van der Waals surface area (Å²) in [5.41, 5.74) is 1.48. The lowest BCUT2D eigenvalue weighted by Crippen LogP contribution is -2.34. The Balaban J connectivity index is 1.96. The van der Waals surface area contributed by atoms with Crippen LogP contribution in [-0.2, 0) is 26.0 Å². The van der Waals surface area contributed by atoms with Crippen LogP contribution in [0, 0.1) is 0 Å². The van der Waals surface area contributed by atoms with Crippen molar-refractivity contribution in [1.82, 2.24) is 4.72 Å². The molecule has 0 aromatic heterocycles. The van der Waals surface area contributed by atoms with Gasteiger partial charge in [0.1, 0.15) is 12.1 Å². The van der Waals surface area contributed by atoms with E-state index in [-0.39, 0.29) is 10.8 Å². The molecule has 0 atom stereocenters. The standard InChI is InChI=1S/C23H30N2O5S/c1-5-6-7-17-8-10-18(11-9-17)22(27)25-19-12-14-20(15-13-19)31(28,29)24-16-21(26)30-23(2,3)4/h8-15,24H,5-7,16H2,1-4H3,(H,25,27). The van der Waals surface area contributed by atoms with E-state index >= 15 is 0 Å². The summed E-state index contributed by atoms with van der Waals surface area (Å²) < 4.78 is 32.0. The molecule has 1 amide bonds. The lowest BCUT2D eigenvalue weighted by atomic mass is 10.1. The van der Waals surface area contributed by atoms with E-state index in [1.165, 1.54) is 29.8 Å². The lowest BCUT2D eigenvalue weighted by molar-refractivity contribution is -0.153. The fraction of sp³-hybridized carbons (Fsp3) is 0.391. The predicted molar refractivity (Wildman–Crippen MR) is 120 cm³/mol. The average molecular weight is 447 g/mol. The third kappa shape index (κ3) is 8.15. The van der Waals surface area contributed by atoms with Gasteiger partial charge in [-0.1, -0.05) is 25.5 Å². The van der Waals surface area contributed by atoms with Gasteiger partial charge in [0.15, 0.2) is 0 Å². The number of unbranched alkanes of at least 4 members (excludes halogenated alkanes) is 1. The summed E-state index contributed by atoms with van der Waals surface area (Å²) in [6, 6.07) is 13.2. The Hall–Kier alpha value is -2.71. The van der Waals surface area contributed by atoms with Crippen LogP contribution in [0.5, 0.6) is 0 Å². The van der Waals surface area contributed by atoms with Crippen LogP contribution in [0.25, 0.3) is 0 Å². The second kappa shape index (κ2) is 10.5. The van der Waals surface area contributed by atoms with E-state index in [0.29, 0.717) is 11.3 Å². The Labute approximate surface area is 184 Å². The van der Waals surface area contributed by atoms with Gasteiger partial charge in [0.2, 0.25) is 10.0 Å².